The molecule has 0 bridgehead atoms. The summed E-state index contributed by atoms with van der Waals surface area (Å²) < 4.78 is 0. The number of benzene rings is 1. The molecule has 0 aromatic heterocycles. The maximum Gasteiger partial charge on any atom is 0.0406 e. The lowest BCUT2D eigenvalue weighted by atomic mass is 9.72. The maximum absolute atomic E-state index is 9.54. The van der Waals surface area contributed by atoms with Gasteiger partial charge in [-0.15, -0.1) is 0 Å². The van der Waals surface area contributed by atoms with Gasteiger partial charge in [-0.25, -0.2) is 0 Å². The molecule has 4 heteroatoms. The lowest BCUT2D eigenvalue weighted by molar-refractivity contribution is -0.116. The summed E-state index contributed by atoms with van der Waals surface area (Å²) in [5.41, 5.74) is 4.75. The van der Waals surface area contributed by atoms with Gasteiger partial charge < -0.3 is 5.21 Å². The van der Waals surface area contributed by atoms with Crippen molar-refractivity contribution in [3.8, 4) is 0 Å². The second kappa shape index (κ2) is 6.94. The Kier molecular flexibility index (Phi) is 5.12. The Hall–Kier alpha value is -0.870. The molecular formula is C19H27ClN2O. The van der Waals surface area contributed by atoms with Crippen LogP contribution in [-0.4, -0.2) is 47.9 Å². The molecule has 0 saturated carbocycles. The topological polar surface area (TPSA) is 26.7 Å². The van der Waals surface area contributed by atoms with Crippen LogP contribution in [0.1, 0.15) is 38.7 Å². The van der Waals surface area contributed by atoms with Crippen molar-refractivity contribution in [3.05, 3.63) is 40.4 Å². The van der Waals surface area contributed by atoms with Crippen LogP contribution in [-0.2, 0) is 0 Å². The molecule has 0 radical (unpaired) electrons. The lowest BCUT2D eigenvalue weighted by Crippen LogP contribution is -2.45. The average molecular weight is 335 g/mol. The lowest BCUT2D eigenvalue weighted by Gasteiger charge is -2.37. The van der Waals surface area contributed by atoms with Crippen LogP contribution in [0.15, 0.2) is 29.8 Å². The summed E-state index contributed by atoms with van der Waals surface area (Å²) in [6.45, 7) is 9.13. The predicted molar refractivity (Wildman–Crippen MR) is 95.8 cm³/mol. The molecule has 0 spiro atoms. The Bertz CT molecular complexity index is 572. The van der Waals surface area contributed by atoms with E-state index in [1.165, 1.54) is 29.0 Å². The first-order valence-corrected chi connectivity index (χ1v) is 8.94. The first-order valence-electron chi connectivity index (χ1n) is 8.56. The van der Waals surface area contributed by atoms with Crippen molar-refractivity contribution in [3.63, 3.8) is 0 Å². The zero-order chi connectivity index (χ0) is 16.4. The minimum atomic E-state index is 0.363. The van der Waals surface area contributed by atoms with E-state index >= 15 is 0 Å². The predicted octanol–water partition coefficient (Wildman–Crippen LogP) is 4.31. The van der Waals surface area contributed by atoms with E-state index in [0.29, 0.717) is 5.41 Å². The zero-order valence-corrected chi connectivity index (χ0v) is 14.9. The Morgan fingerprint density at radius 2 is 1.74 bits per heavy atom. The van der Waals surface area contributed by atoms with E-state index in [0.717, 1.165) is 44.2 Å². The quantitative estimate of drug-likeness (QED) is 0.892. The molecule has 3 nitrogen and oxygen atoms in total. The van der Waals surface area contributed by atoms with Gasteiger partial charge >= 0.3 is 0 Å². The molecule has 1 aliphatic heterocycles. The molecule has 1 heterocycles. The standard InChI is InChI=1S/C19H27ClN2O/c1-19(2)8-7-16(14-21-9-11-22(23)12-10-21)18(13-19)15-3-5-17(20)6-4-15/h3-6,23H,7-14H2,1-2H3. The van der Waals surface area contributed by atoms with E-state index in [4.69, 9.17) is 11.6 Å². The van der Waals surface area contributed by atoms with Crippen LogP contribution in [0.5, 0.6) is 0 Å². The van der Waals surface area contributed by atoms with E-state index < -0.39 is 0 Å². The number of nitrogens with zero attached hydrogens (tertiary/aromatic N) is 2. The van der Waals surface area contributed by atoms with Crippen molar-refractivity contribution in [1.82, 2.24) is 9.96 Å². The summed E-state index contributed by atoms with van der Waals surface area (Å²) in [4.78, 5) is 2.47. The molecule has 2 aliphatic rings. The zero-order valence-electron chi connectivity index (χ0n) is 14.2. The van der Waals surface area contributed by atoms with E-state index in [1.54, 1.807) is 5.57 Å². The summed E-state index contributed by atoms with van der Waals surface area (Å²) in [5.74, 6) is 0. The van der Waals surface area contributed by atoms with Gasteiger partial charge in [-0.05, 0) is 47.9 Å². The first kappa shape index (κ1) is 17.0. The number of halogens is 1. The number of allylic oxidation sites excluding steroid dienone is 1. The number of rotatable bonds is 3. The van der Waals surface area contributed by atoms with Crippen LogP contribution in [0, 0.1) is 5.41 Å². The smallest absolute Gasteiger partial charge is 0.0406 e. The Labute approximate surface area is 144 Å². The molecule has 1 aromatic rings. The summed E-state index contributed by atoms with van der Waals surface area (Å²) in [6.07, 6.45) is 3.55. The van der Waals surface area contributed by atoms with Crippen LogP contribution in [0.2, 0.25) is 5.02 Å². The highest BCUT2D eigenvalue weighted by Gasteiger charge is 2.29. The van der Waals surface area contributed by atoms with Gasteiger partial charge in [0.2, 0.25) is 0 Å². The second-order valence-corrected chi connectivity index (χ2v) is 8.10. The Morgan fingerprint density at radius 3 is 2.39 bits per heavy atom. The highest BCUT2D eigenvalue weighted by atomic mass is 35.5. The van der Waals surface area contributed by atoms with Gasteiger partial charge in [0, 0.05) is 37.7 Å². The van der Waals surface area contributed by atoms with Gasteiger partial charge in [0.1, 0.15) is 0 Å². The number of piperazine rings is 1. The first-order chi connectivity index (χ1) is 10.9. The molecule has 0 unspecified atom stereocenters. The molecule has 0 amide bonds. The van der Waals surface area contributed by atoms with Crippen molar-refractivity contribution in [1.29, 1.82) is 0 Å². The molecule has 1 aliphatic carbocycles. The van der Waals surface area contributed by atoms with E-state index in [2.05, 4.69) is 30.9 Å². The third kappa shape index (κ3) is 4.36. The van der Waals surface area contributed by atoms with Crippen LogP contribution >= 0.6 is 11.6 Å². The molecular weight excluding hydrogens is 308 g/mol. The summed E-state index contributed by atoms with van der Waals surface area (Å²) in [5, 5.41) is 11.8. The van der Waals surface area contributed by atoms with E-state index in [1.807, 2.05) is 12.1 Å². The van der Waals surface area contributed by atoms with Crippen LogP contribution in [0.25, 0.3) is 5.57 Å². The third-order valence-electron chi connectivity index (χ3n) is 5.14. The fourth-order valence-electron chi connectivity index (χ4n) is 3.63. The van der Waals surface area contributed by atoms with Gasteiger partial charge in [-0.3, -0.25) is 4.90 Å². The number of hydroxylamine groups is 2. The molecule has 1 N–H and O–H groups in total. The highest BCUT2D eigenvalue weighted by molar-refractivity contribution is 6.30. The minimum Gasteiger partial charge on any atom is -0.314 e. The van der Waals surface area contributed by atoms with Gasteiger partial charge in [-0.2, -0.15) is 5.06 Å². The van der Waals surface area contributed by atoms with Crippen LogP contribution in [0.3, 0.4) is 0 Å². The van der Waals surface area contributed by atoms with Crippen molar-refractivity contribution in [2.24, 2.45) is 5.41 Å². The Morgan fingerprint density at radius 1 is 1.09 bits per heavy atom. The molecule has 126 valence electrons. The van der Waals surface area contributed by atoms with Crippen molar-refractivity contribution in [2.45, 2.75) is 33.1 Å². The van der Waals surface area contributed by atoms with E-state index in [9.17, 15) is 5.21 Å². The molecule has 23 heavy (non-hydrogen) atoms. The summed E-state index contributed by atoms with van der Waals surface area (Å²) in [7, 11) is 0. The van der Waals surface area contributed by atoms with Crippen molar-refractivity contribution in [2.75, 3.05) is 32.7 Å². The Balaban J connectivity index is 1.84. The number of hydrogen-bond acceptors (Lipinski definition) is 3. The normalized spacial score (nSPS) is 23.3. The number of hydrogen-bond donors (Lipinski definition) is 1. The summed E-state index contributed by atoms with van der Waals surface area (Å²) in [6, 6.07) is 8.30. The molecule has 1 saturated heterocycles. The van der Waals surface area contributed by atoms with Gasteiger partial charge in [0.05, 0.1) is 0 Å². The van der Waals surface area contributed by atoms with Gasteiger partial charge in [0.25, 0.3) is 0 Å². The summed E-state index contributed by atoms with van der Waals surface area (Å²) >= 11 is 6.06. The molecule has 1 aromatic carbocycles. The SMILES string of the molecule is CC1(C)CCC(CN2CCN(O)CC2)=C(c2ccc(Cl)cc2)C1. The molecule has 3 rings (SSSR count). The van der Waals surface area contributed by atoms with E-state index in [-0.39, 0.29) is 0 Å². The second-order valence-electron chi connectivity index (χ2n) is 7.66. The van der Waals surface area contributed by atoms with Gasteiger partial charge in [0.15, 0.2) is 0 Å². The fourth-order valence-corrected chi connectivity index (χ4v) is 3.76. The largest absolute Gasteiger partial charge is 0.314 e. The van der Waals surface area contributed by atoms with Gasteiger partial charge in [-0.1, -0.05) is 43.2 Å². The average Bonchev–Trinajstić information content (AvgIpc) is 2.52. The molecule has 0 atom stereocenters. The monoisotopic (exact) mass is 334 g/mol. The third-order valence-corrected chi connectivity index (χ3v) is 5.39. The fraction of sp³-hybridized carbons (Fsp3) is 0.579. The van der Waals surface area contributed by atoms with Crippen LogP contribution < -0.4 is 0 Å². The maximum atomic E-state index is 9.54. The highest BCUT2D eigenvalue weighted by Crippen LogP contribution is 2.43. The van der Waals surface area contributed by atoms with Crippen LogP contribution in [0.4, 0.5) is 0 Å². The van der Waals surface area contributed by atoms with Crippen molar-refractivity contribution >= 4 is 17.2 Å². The van der Waals surface area contributed by atoms with Crippen molar-refractivity contribution < 1.29 is 5.21 Å². The minimum absolute atomic E-state index is 0.363. The molecule has 1 fully saturated rings.